The fourth-order valence-electron chi connectivity index (χ4n) is 3.94. The Kier molecular flexibility index (Phi) is 5.56. The Labute approximate surface area is 166 Å². The molecule has 0 unspecified atom stereocenters. The van der Waals surface area contributed by atoms with E-state index in [4.69, 9.17) is 0 Å². The van der Waals surface area contributed by atoms with E-state index in [1.807, 2.05) is 36.2 Å². The first-order valence-electron chi connectivity index (χ1n) is 10.2. The Morgan fingerprint density at radius 2 is 1.82 bits per heavy atom. The summed E-state index contributed by atoms with van der Waals surface area (Å²) in [6.07, 6.45) is 6.53. The smallest absolute Gasteiger partial charge is 0.253 e. The molecule has 4 heteroatoms. The lowest BCUT2D eigenvalue weighted by Crippen LogP contribution is -2.28. The molecule has 1 aromatic heterocycles. The number of carbonyl (C=O) groups is 1. The number of aromatic amines is 1. The van der Waals surface area contributed by atoms with Crippen LogP contribution in [0.3, 0.4) is 0 Å². The van der Waals surface area contributed by atoms with Gasteiger partial charge in [-0.15, -0.1) is 0 Å². The average molecular weight is 374 g/mol. The predicted octanol–water partition coefficient (Wildman–Crippen LogP) is 4.66. The first-order valence-corrected chi connectivity index (χ1v) is 10.2. The third kappa shape index (κ3) is 4.16. The second-order valence-electron chi connectivity index (χ2n) is 7.67. The van der Waals surface area contributed by atoms with Gasteiger partial charge in [-0.3, -0.25) is 9.89 Å². The molecule has 144 valence electrons. The van der Waals surface area contributed by atoms with E-state index in [1.54, 1.807) is 0 Å². The number of rotatable bonds is 6. The Bertz CT molecular complexity index is 945. The molecule has 0 bridgehead atoms. The van der Waals surface area contributed by atoms with Gasteiger partial charge in [-0.05, 0) is 67.9 Å². The molecule has 0 spiro atoms. The van der Waals surface area contributed by atoms with Crippen molar-refractivity contribution in [3.63, 3.8) is 0 Å². The minimum absolute atomic E-state index is 0.114. The second kappa shape index (κ2) is 8.42. The van der Waals surface area contributed by atoms with E-state index in [0.717, 1.165) is 54.7 Å². The number of carbonyl (C=O) groups excluding carboxylic acids is 1. The summed E-state index contributed by atoms with van der Waals surface area (Å²) in [6.45, 7) is 0.732. The normalized spacial score (nSPS) is 13.2. The van der Waals surface area contributed by atoms with E-state index >= 15 is 0 Å². The summed E-state index contributed by atoms with van der Waals surface area (Å²) < 4.78 is 0. The van der Waals surface area contributed by atoms with Crippen LogP contribution in [-0.4, -0.2) is 34.6 Å². The summed E-state index contributed by atoms with van der Waals surface area (Å²) in [5, 5.41) is 7.52. The molecule has 1 aliphatic carbocycles. The molecule has 0 fully saturated rings. The van der Waals surface area contributed by atoms with E-state index in [0.29, 0.717) is 0 Å². The van der Waals surface area contributed by atoms with Crippen molar-refractivity contribution >= 4 is 5.91 Å². The number of benzene rings is 2. The molecule has 28 heavy (non-hydrogen) atoms. The van der Waals surface area contributed by atoms with Crippen molar-refractivity contribution in [2.45, 2.75) is 38.5 Å². The van der Waals surface area contributed by atoms with Crippen LogP contribution in [0.25, 0.3) is 11.3 Å². The van der Waals surface area contributed by atoms with Gasteiger partial charge in [0, 0.05) is 30.4 Å². The van der Waals surface area contributed by atoms with Crippen LogP contribution in [-0.2, 0) is 19.3 Å². The van der Waals surface area contributed by atoms with E-state index in [1.165, 1.54) is 24.0 Å². The fraction of sp³-hybridized carbons (Fsp3) is 0.333. The van der Waals surface area contributed by atoms with Crippen LogP contribution in [0.1, 0.15) is 46.4 Å². The Morgan fingerprint density at radius 1 is 1.04 bits per heavy atom. The number of aryl methyl sites for hydroxylation is 3. The molecule has 1 N–H and O–H groups in total. The maximum absolute atomic E-state index is 12.8. The molecule has 0 saturated carbocycles. The number of hydrogen-bond donors (Lipinski definition) is 1. The molecule has 0 radical (unpaired) electrons. The lowest BCUT2D eigenvalue weighted by atomic mass is 9.90. The Hall–Kier alpha value is -2.88. The summed E-state index contributed by atoms with van der Waals surface area (Å²) in [7, 11) is 1.89. The monoisotopic (exact) mass is 373 g/mol. The minimum atomic E-state index is 0.114. The maximum atomic E-state index is 12.8. The zero-order valence-electron chi connectivity index (χ0n) is 16.4. The van der Waals surface area contributed by atoms with E-state index in [2.05, 4.69) is 40.5 Å². The van der Waals surface area contributed by atoms with Gasteiger partial charge < -0.3 is 4.90 Å². The molecule has 1 heterocycles. The highest BCUT2D eigenvalue weighted by atomic mass is 16.2. The number of hydrogen-bond acceptors (Lipinski definition) is 2. The van der Waals surface area contributed by atoms with Gasteiger partial charge in [-0.1, -0.05) is 36.4 Å². The lowest BCUT2D eigenvalue weighted by molar-refractivity contribution is 0.0793. The zero-order valence-corrected chi connectivity index (χ0v) is 16.4. The van der Waals surface area contributed by atoms with E-state index in [-0.39, 0.29) is 5.91 Å². The number of fused-ring (bicyclic) bond motifs is 1. The van der Waals surface area contributed by atoms with Gasteiger partial charge in [0.2, 0.25) is 0 Å². The van der Waals surface area contributed by atoms with Crippen LogP contribution >= 0.6 is 0 Å². The van der Waals surface area contributed by atoms with Crippen molar-refractivity contribution in [1.29, 1.82) is 0 Å². The largest absolute Gasteiger partial charge is 0.342 e. The molecule has 0 aliphatic heterocycles. The number of nitrogens with one attached hydrogen (secondary N) is 1. The highest BCUT2D eigenvalue weighted by molar-refractivity contribution is 5.94. The van der Waals surface area contributed by atoms with Crippen LogP contribution < -0.4 is 0 Å². The van der Waals surface area contributed by atoms with Gasteiger partial charge in [0.1, 0.15) is 0 Å². The average Bonchev–Trinajstić information content (AvgIpc) is 3.22. The van der Waals surface area contributed by atoms with Gasteiger partial charge in [-0.2, -0.15) is 5.10 Å². The maximum Gasteiger partial charge on any atom is 0.253 e. The van der Waals surface area contributed by atoms with Crippen LogP contribution in [0, 0.1) is 0 Å². The third-order valence-electron chi connectivity index (χ3n) is 5.58. The topological polar surface area (TPSA) is 49.0 Å². The summed E-state index contributed by atoms with van der Waals surface area (Å²) in [4.78, 5) is 14.6. The van der Waals surface area contributed by atoms with E-state index < -0.39 is 0 Å². The Morgan fingerprint density at radius 3 is 2.64 bits per heavy atom. The molecule has 0 saturated heterocycles. The summed E-state index contributed by atoms with van der Waals surface area (Å²) in [5.74, 6) is 0.114. The highest BCUT2D eigenvalue weighted by Crippen LogP contribution is 2.23. The SMILES string of the molecule is CN(CCCc1cc(-c2ccccc2)n[nH]1)C(=O)c1ccc2c(c1)CCCC2. The van der Waals surface area contributed by atoms with Crippen molar-refractivity contribution in [1.82, 2.24) is 15.1 Å². The second-order valence-corrected chi connectivity index (χ2v) is 7.67. The summed E-state index contributed by atoms with van der Waals surface area (Å²) in [6, 6.07) is 18.5. The first kappa shape index (κ1) is 18.5. The molecular weight excluding hydrogens is 346 g/mol. The van der Waals surface area contributed by atoms with Gasteiger partial charge in [0.15, 0.2) is 0 Å². The van der Waals surface area contributed by atoms with Crippen LogP contribution in [0.5, 0.6) is 0 Å². The summed E-state index contributed by atoms with van der Waals surface area (Å²) >= 11 is 0. The van der Waals surface area contributed by atoms with Crippen LogP contribution in [0.2, 0.25) is 0 Å². The molecule has 4 rings (SSSR count). The van der Waals surface area contributed by atoms with Gasteiger partial charge in [0.05, 0.1) is 5.69 Å². The van der Waals surface area contributed by atoms with Crippen molar-refractivity contribution in [3.05, 3.63) is 77.0 Å². The first-order chi connectivity index (χ1) is 13.7. The van der Waals surface area contributed by atoms with Crippen molar-refractivity contribution in [2.24, 2.45) is 0 Å². The highest BCUT2D eigenvalue weighted by Gasteiger charge is 2.15. The minimum Gasteiger partial charge on any atom is -0.342 e. The molecule has 3 aromatic rings. The zero-order chi connectivity index (χ0) is 19.3. The number of nitrogens with zero attached hydrogens (tertiary/aromatic N) is 2. The third-order valence-corrected chi connectivity index (χ3v) is 5.58. The summed E-state index contributed by atoms with van der Waals surface area (Å²) in [5.41, 5.74) is 6.78. The number of amides is 1. The lowest BCUT2D eigenvalue weighted by Gasteiger charge is -2.20. The molecule has 2 aromatic carbocycles. The number of H-pyrrole nitrogens is 1. The quantitative estimate of drug-likeness (QED) is 0.683. The fourth-order valence-corrected chi connectivity index (χ4v) is 3.94. The molecule has 4 nitrogen and oxygen atoms in total. The van der Waals surface area contributed by atoms with Crippen molar-refractivity contribution < 1.29 is 4.79 Å². The van der Waals surface area contributed by atoms with Gasteiger partial charge in [-0.25, -0.2) is 0 Å². The molecule has 1 amide bonds. The van der Waals surface area contributed by atoms with Crippen molar-refractivity contribution in [3.8, 4) is 11.3 Å². The standard InChI is InChI=1S/C24H27N3O/c1-27(24(28)21-14-13-18-8-5-6-11-20(18)16-21)15-7-12-22-17-23(26-25-22)19-9-3-2-4-10-19/h2-4,9-10,13-14,16-17H,5-8,11-12,15H2,1H3,(H,25,26). The van der Waals surface area contributed by atoms with Gasteiger partial charge >= 0.3 is 0 Å². The van der Waals surface area contributed by atoms with E-state index in [9.17, 15) is 4.79 Å². The Balaban J connectivity index is 1.31. The van der Waals surface area contributed by atoms with Gasteiger partial charge in [0.25, 0.3) is 5.91 Å². The van der Waals surface area contributed by atoms with Crippen LogP contribution in [0.15, 0.2) is 54.6 Å². The molecule has 1 aliphatic rings. The van der Waals surface area contributed by atoms with Crippen LogP contribution in [0.4, 0.5) is 0 Å². The number of aromatic nitrogens is 2. The predicted molar refractivity (Wildman–Crippen MR) is 112 cm³/mol. The van der Waals surface area contributed by atoms with Crippen molar-refractivity contribution in [2.75, 3.05) is 13.6 Å². The molecular formula is C24H27N3O. The molecule has 0 atom stereocenters.